The normalized spacial score (nSPS) is 32.7. The lowest BCUT2D eigenvalue weighted by molar-refractivity contribution is 0.0311. The van der Waals surface area contributed by atoms with Gasteiger partial charge in [-0.25, -0.2) is 0 Å². The van der Waals surface area contributed by atoms with Crippen LogP contribution < -0.4 is 0 Å². The van der Waals surface area contributed by atoms with Gasteiger partial charge in [0.2, 0.25) is 5.02 Å². The fourth-order valence-corrected chi connectivity index (χ4v) is 1.80. The lowest BCUT2D eigenvalue weighted by atomic mass is 9.89. The van der Waals surface area contributed by atoms with E-state index in [-0.39, 0.29) is 0 Å². The van der Waals surface area contributed by atoms with Crippen LogP contribution in [0.3, 0.4) is 0 Å². The van der Waals surface area contributed by atoms with Crippen molar-refractivity contribution in [3.8, 4) is 0 Å². The quantitative estimate of drug-likeness (QED) is 0.617. The van der Waals surface area contributed by atoms with E-state index in [1.807, 2.05) is 0 Å². The molecule has 1 aliphatic carbocycles. The Bertz CT molecular complexity index is 109. The largest absolute Gasteiger partial charge is 0.346 e. The molecule has 0 aromatic rings. The zero-order chi connectivity index (χ0) is 8.27. The van der Waals surface area contributed by atoms with Crippen molar-refractivity contribution in [2.24, 2.45) is 5.92 Å². The van der Waals surface area contributed by atoms with Crippen LogP contribution in [0.25, 0.3) is 0 Å². The van der Waals surface area contributed by atoms with Crippen LogP contribution in [0, 0.1) is 5.92 Å². The number of ether oxygens (including phenoxy) is 1. The maximum absolute atomic E-state index is 5.49. The van der Waals surface area contributed by atoms with Gasteiger partial charge in [0, 0.05) is 0 Å². The van der Waals surface area contributed by atoms with Crippen LogP contribution >= 0.6 is 23.2 Å². The van der Waals surface area contributed by atoms with Crippen molar-refractivity contribution in [2.75, 3.05) is 0 Å². The van der Waals surface area contributed by atoms with Gasteiger partial charge in [-0.1, -0.05) is 30.1 Å². The summed E-state index contributed by atoms with van der Waals surface area (Å²) in [6.07, 6.45) is 5.00. The molecule has 0 radical (unpaired) electrons. The lowest BCUT2D eigenvalue weighted by Gasteiger charge is -2.26. The number of hydrogen-bond acceptors (Lipinski definition) is 1. The van der Waals surface area contributed by atoms with Gasteiger partial charge in [-0.3, -0.25) is 0 Å². The Kier molecular flexibility index (Phi) is 3.97. The first kappa shape index (κ1) is 9.63. The van der Waals surface area contributed by atoms with E-state index in [0.29, 0.717) is 6.10 Å². The van der Waals surface area contributed by atoms with Crippen LogP contribution in [0.15, 0.2) is 0 Å². The zero-order valence-corrected chi connectivity index (χ0v) is 8.24. The average molecular weight is 197 g/mol. The van der Waals surface area contributed by atoms with Gasteiger partial charge in [-0.05, 0) is 31.6 Å². The van der Waals surface area contributed by atoms with E-state index >= 15 is 0 Å². The molecule has 11 heavy (non-hydrogen) atoms. The highest BCUT2D eigenvalue weighted by molar-refractivity contribution is 6.43. The minimum atomic E-state index is -0.645. The standard InChI is InChI=1S/C8H14Cl2O/c1-6-2-4-7(5-3-6)11-8(9)10/h6-8H,2-5H2,1H3. The Morgan fingerprint density at radius 3 is 2.18 bits per heavy atom. The van der Waals surface area contributed by atoms with E-state index in [1.54, 1.807) is 0 Å². The van der Waals surface area contributed by atoms with Crippen molar-refractivity contribution in [1.82, 2.24) is 0 Å². The molecule has 0 N–H and O–H groups in total. The van der Waals surface area contributed by atoms with Crippen molar-refractivity contribution in [1.29, 1.82) is 0 Å². The average Bonchev–Trinajstić information content (AvgIpc) is 1.93. The molecule has 0 saturated heterocycles. The van der Waals surface area contributed by atoms with Crippen molar-refractivity contribution in [2.45, 2.75) is 43.7 Å². The maximum Gasteiger partial charge on any atom is 0.206 e. The Balaban J connectivity index is 2.17. The van der Waals surface area contributed by atoms with Gasteiger partial charge in [0.1, 0.15) is 0 Å². The van der Waals surface area contributed by atoms with Gasteiger partial charge < -0.3 is 4.74 Å². The molecule has 1 fully saturated rings. The van der Waals surface area contributed by atoms with Gasteiger partial charge in [0.15, 0.2) is 0 Å². The molecule has 0 heterocycles. The zero-order valence-electron chi connectivity index (χ0n) is 6.72. The Morgan fingerprint density at radius 1 is 1.18 bits per heavy atom. The molecule has 0 atom stereocenters. The van der Waals surface area contributed by atoms with E-state index in [1.165, 1.54) is 12.8 Å². The third kappa shape index (κ3) is 3.64. The van der Waals surface area contributed by atoms with Crippen LogP contribution in [0.5, 0.6) is 0 Å². The molecule has 1 aliphatic rings. The monoisotopic (exact) mass is 196 g/mol. The molecule has 0 aromatic heterocycles. The summed E-state index contributed by atoms with van der Waals surface area (Å²) in [5.74, 6) is 0.846. The highest BCUT2D eigenvalue weighted by Gasteiger charge is 2.20. The van der Waals surface area contributed by atoms with E-state index < -0.39 is 5.02 Å². The van der Waals surface area contributed by atoms with Crippen molar-refractivity contribution < 1.29 is 4.74 Å². The third-order valence-electron chi connectivity index (χ3n) is 2.26. The Hall–Kier alpha value is 0.540. The number of hydrogen-bond donors (Lipinski definition) is 0. The van der Waals surface area contributed by atoms with Crippen LogP contribution in [0.4, 0.5) is 0 Å². The summed E-state index contributed by atoms with van der Waals surface area (Å²) in [5, 5.41) is -0.645. The Morgan fingerprint density at radius 2 is 1.73 bits per heavy atom. The molecule has 1 rings (SSSR count). The van der Waals surface area contributed by atoms with Crippen molar-refractivity contribution in [3.05, 3.63) is 0 Å². The van der Waals surface area contributed by atoms with Gasteiger partial charge in [0.25, 0.3) is 0 Å². The van der Waals surface area contributed by atoms with Gasteiger partial charge in [-0.2, -0.15) is 0 Å². The van der Waals surface area contributed by atoms with E-state index in [4.69, 9.17) is 27.9 Å². The SMILES string of the molecule is CC1CCC(OC(Cl)Cl)CC1. The lowest BCUT2D eigenvalue weighted by Crippen LogP contribution is -2.21. The number of rotatable bonds is 2. The molecule has 1 nitrogen and oxygen atoms in total. The smallest absolute Gasteiger partial charge is 0.206 e. The molecule has 1 saturated carbocycles. The van der Waals surface area contributed by atoms with Crippen molar-refractivity contribution >= 4 is 23.2 Å². The summed E-state index contributed by atoms with van der Waals surface area (Å²) in [6, 6.07) is 0. The summed E-state index contributed by atoms with van der Waals surface area (Å²) in [6.45, 7) is 2.27. The highest BCUT2D eigenvalue weighted by atomic mass is 35.5. The van der Waals surface area contributed by atoms with Gasteiger partial charge in [-0.15, -0.1) is 0 Å². The predicted octanol–water partition coefficient (Wildman–Crippen LogP) is 3.34. The molecule has 0 spiro atoms. The second-order valence-electron chi connectivity index (χ2n) is 3.28. The van der Waals surface area contributed by atoms with Crippen LogP contribution in [-0.4, -0.2) is 11.1 Å². The summed E-state index contributed by atoms with van der Waals surface area (Å²) < 4.78 is 5.27. The maximum atomic E-state index is 5.49. The number of halogens is 2. The molecule has 66 valence electrons. The molecule has 3 heteroatoms. The predicted molar refractivity (Wildman–Crippen MR) is 48.0 cm³/mol. The summed E-state index contributed by atoms with van der Waals surface area (Å²) in [5.41, 5.74) is 0. The molecule has 0 unspecified atom stereocenters. The highest BCUT2D eigenvalue weighted by Crippen LogP contribution is 2.27. The summed E-state index contributed by atoms with van der Waals surface area (Å²) in [4.78, 5) is 0. The van der Waals surface area contributed by atoms with E-state index in [0.717, 1.165) is 18.8 Å². The molecule has 0 bridgehead atoms. The number of alkyl halides is 2. The van der Waals surface area contributed by atoms with Gasteiger partial charge >= 0.3 is 0 Å². The first-order valence-corrected chi connectivity index (χ1v) is 4.99. The topological polar surface area (TPSA) is 9.23 Å². The Labute approximate surface area is 78.0 Å². The molecular weight excluding hydrogens is 183 g/mol. The van der Waals surface area contributed by atoms with Gasteiger partial charge in [0.05, 0.1) is 6.10 Å². The minimum Gasteiger partial charge on any atom is -0.346 e. The molecule has 0 aromatic carbocycles. The fraction of sp³-hybridized carbons (Fsp3) is 1.00. The van der Waals surface area contributed by atoms with Crippen molar-refractivity contribution in [3.63, 3.8) is 0 Å². The first-order valence-electron chi connectivity index (χ1n) is 4.12. The van der Waals surface area contributed by atoms with Crippen LogP contribution in [0.2, 0.25) is 0 Å². The first-order chi connectivity index (χ1) is 5.18. The fourth-order valence-electron chi connectivity index (χ4n) is 1.51. The molecular formula is C8H14Cl2O. The molecule has 0 amide bonds. The molecule has 0 aliphatic heterocycles. The van der Waals surface area contributed by atoms with E-state index in [2.05, 4.69) is 6.92 Å². The second kappa shape index (κ2) is 4.54. The van der Waals surface area contributed by atoms with Crippen LogP contribution in [-0.2, 0) is 4.74 Å². The third-order valence-corrected chi connectivity index (χ3v) is 2.46. The second-order valence-corrected chi connectivity index (χ2v) is 4.29. The minimum absolute atomic E-state index is 0.297. The van der Waals surface area contributed by atoms with Crippen LogP contribution in [0.1, 0.15) is 32.6 Å². The summed E-state index contributed by atoms with van der Waals surface area (Å²) >= 11 is 11.0. The summed E-state index contributed by atoms with van der Waals surface area (Å²) in [7, 11) is 0. The van der Waals surface area contributed by atoms with E-state index in [9.17, 15) is 0 Å².